The fraction of sp³-hybridized carbons (Fsp3) is 0.526. The second-order valence-corrected chi connectivity index (χ2v) is 7.24. The van der Waals surface area contributed by atoms with Crippen LogP contribution >= 0.6 is 11.8 Å². The van der Waals surface area contributed by atoms with Crippen LogP contribution < -0.4 is 10.6 Å². The third-order valence-corrected chi connectivity index (χ3v) is 4.85. The third kappa shape index (κ3) is 8.34. The van der Waals surface area contributed by atoms with Gasteiger partial charge >= 0.3 is 12.1 Å². The lowest BCUT2D eigenvalue weighted by Gasteiger charge is -2.25. The van der Waals surface area contributed by atoms with Crippen molar-refractivity contribution < 1.29 is 24.2 Å². The number of carboxylic acid groups (broad SMARTS) is 1. The molecule has 3 N–H and O–H groups in total. The van der Waals surface area contributed by atoms with E-state index in [0.29, 0.717) is 18.6 Å². The van der Waals surface area contributed by atoms with Gasteiger partial charge in [0.2, 0.25) is 5.91 Å². The van der Waals surface area contributed by atoms with Crippen molar-refractivity contribution in [3.05, 3.63) is 35.9 Å². The summed E-state index contributed by atoms with van der Waals surface area (Å²) in [5, 5.41) is 14.4. The summed E-state index contributed by atoms with van der Waals surface area (Å²) in [5.41, 5.74) is 0.834. The highest BCUT2D eigenvalue weighted by Crippen LogP contribution is 2.10. The fourth-order valence-corrected chi connectivity index (χ4v) is 2.82. The highest BCUT2D eigenvalue weighted by molar-refractivity contribution is 7.98. The van der Waals surface area contributed by atoms with Gasteiger partial charge in [0.1, 0.15) is 18.7 Å². The van der Waals surface area contributed by atoms with E-state index < -0.39 is 30.1 Å². The smallest absolute Gasteiger partial charge is 0.408 e. The van der Waals surface area contributed by atoms with Crippen LogP contribution in [0.2, 0.25) is 0 Å². The van der Waals surface area contributed by atoms with Crippen molar-refractivity contribution in [2.24, 2.45) is 5.92 Å². The number of benzene rings is 1. The van der Waals surface area contributed by atoms with Gasteiger partial charge in [0.15, 0.2) is 0 Å². The molecule has 0 aromatic heterocycles. The lowest BCUT2D eigenvalue weighted by molar-refractivity contribution is -0.142. The zero-order chi connectivity index (χ0) is 20.2. The van der Waals surface area contributed by atoms with Crippen LogP contribution in [0.3, 0.4) is 0 Å². The number of alkyl carbamates (subject to hydrolysis) is 1. The van der Waals surface area contributed by atoms with Gasteiger partial charge in [0, 0.05) is 0 Å². The Kier molecular flexibility index (Phi) is 10.3. The van der Waals surface area contributed by atoms with Gasteiger partial charge in [-0.1, -0.05) is 50.6 Å². The number of hydrogen-bond acceptors (Lipinski definition) is 5. The molecule has 0 aliphatic carbocycles. The van der Waals surface area contributed by atoms with Crippen molar-refractivity contribution in [3.8, 4) is 0 Å². The van der Waals surface area contributed by atoms with E-state index in [2.05, 4.69) is 10.6 Å². The Hall–Kier alpha value is -2.22. The van der Waals surface area contributed by atoms with Crippen LogP contribution in [0.5, 0.6) is 0 Å². The van der Waals surface area contributed by atoms with E-state index in [0.717, 1.165) is 5.56 Å². The van der Waals surface area contributed by atoms with E-state index in [1.165, 1.54) is 11.8 Å². The SMILES string of the molecule is CC[C@@H](C)[C@H](NC(=O)OCc1ccccc1)C(=O)N[C@@H](CCSC)C(=O)O. The summed E-state index contributed by atoms with van der Waals surface area (Å²) < 4.78 is 5.17. The molecule has 150 valence electrons. The summed E-state index contributed by atoms with van der Waals surface area (Å²) in [6, 6.07) is 7.35. The lowest BCUT2D eigenvalue weighted by Crippen LogP contribution is -2.54. The molecule has 1 aromatic rings. The summed E-state index contributed by atoms with van der Waals surface area (Å²) in [6.45, 7) is 3.80. The second kappa shape index (κ2) is 12.2. The Bertz CT molecular complexity index is 611. The first-order valence-electron chi connectivity index (χ1n) is 8.88. The molecule has 0 aliphatic rings. The zero-order valence-corrected chi connectivity index (χ0v) is 16.8. The molecule has 3 atom stereocenters. The van der Waals surface area contributed by atoms with Crippen molar-refractivity contribution in [3.63, 3.8) is 0 Å². The van der Waals surface area contributed by atoms with Crippen molar-refractivity contribution in [1.82, 2.24) is 10.6 Å². The van der Waals surface area contributed by atoms with Gasteiger partial charge in [-0.15, -0.1) is 0 Å². The van der Waals surface area contributed by atoms with Crippen molar-refractivity contribution in [2.75, 3.05) is 12.0 Å². The van der Waals surface area contributed by atoms with E-state index in [1.807, 2.05) is 50.4 Å². The Morgan fingerprint density at radius 3 is 2.41 bits per heavy atom. The summed E-state index contributed by atoms with van der Waals surface area (Å²) in [5.74, 6) is -1.18. The molecule has 7 nitrogen and oxygen atoms in total. The van der Waals surface area contributed by atoms with Crippen LogP contribution in [0.25, 0.3) is 0 Å². The Labute approximate surface area is 164 Å². The lowest BCUT2D eigenvalue weighted by atomic mass is 9.98. The summed E-state index contributed by atoms with van der Waals surface area (Å²) in [7, 11) is 0. The van der Waals surface area contributed by atoms with Crippen LogP contribution in [-0.4, -0.2) is 47.2 Å². The highest BCUT2D eigenvalue weighted by atomic mass is 32.2. The molecule has 0 unspecified atom stereocenters. The molecule has 0 saturated heterocycles. The molecule has 0 heterocycles. The van der Waals surface area contributed by atoms with E-state index in [4.69, 9.17) is 4.74 Å². The number of carboxylic acids is 1. The van der Waals surface area contributed by atoms with Crippen molar-refractivity contribution in [1.29, 1.82) is 0 Å². The van der Waals surface area contributed by atoms with E-state index >= 15 is 0 Å². The van der Waals surface area contributed by atoms with Crippen LogP contribution in [-0.2, 0) is 20.9 Å². The van der Waals surface area contributed by atoms with Gasteiger partial charge < -0.3 is 20.5 Å². The first-order chi connectivity index (χ1) is 12.9. The Morgan fingerprint density at radius 2 is 1.85 bits per heavy atom. The minimum absolute atomic E-state index is 0.0903. The number of amides is 2. The standard InChI is InChI=1S/C19H28N2O5S/c1-4-13(2)16(17(22)20-15(18(23)24)10-11-27-3)21-19(25)26-12-14-8-6-5-7-9-14/h5-9,13,15-16H,4,10-12H2,1-3H3,(H,20,22)(H,21,25)(H,23,24)/t13-,15+,16+/m1/s1. The zero-order valence-electron chi connectivity index (χ0n) is 15.9. The maximum atomic E-state index is 12.6. The monoisotopic (exact) mass is 396 g/mol. The minimum Gasteiger partial charge on any atom is -0.480 e. The highest BCUT2D eigenvalue weighted by Gasteiger charge is 2.30. The van der Waals surface area contributed by atoms with Crippen LogP contribution in [0.4, 0.5) is 4.79 Å². The summed E-state index contributed by atoms with van der Waals surface area (Å²) in [6.07, 6.45) is 2.11. The molecule has 8 heteroatoms. The van der Waals surface area contributed by atoms with Gasteiger partial charge in [-0.3, -0.25) is 4.79 Å². The molecule has 1 aromatic carbocycles. The number of nitrogens with one attached hydrogen (secondary N) is 2. The maximum absolute atomic E-state index is 12.6. The number of thioether (sulfide) groups is 1. The molecule has 0 saturated carbocycles. The van der Waals surface area contributed by atoms with Gasteiger partial charge in [0.25, 0.3) is 0 Å². The second-order valence-electron chi connectivity index (χ2n) is 6.25. The molecule has 2 amide bonds. The average Bonchev–Trinajstić information content (AvgIpc) is 2.67. The van der Waals surface area contributed by atoms with Gasteiger partial charge in [-0.25, -0.2) is 9.59 Å². The van der Waals surface area contributed by atoms with Crippen LogP contribution in [0.1, 0.15) is 32.3 Å². The van der Waals surface area contributed by atoms with E-state index in [-0.39, 0.29) is 12.5 Å². The maximum Gasteiger partial charge on any atom is 0.408 e. The fourth-order valence-electron chi connectivity index (χ4n) is 2.35. The Morgan fingerprint density at radius 1 is 1.19 bits per heavy atom. The van der Waals surface area contributed by atoms with Crippen LogP contribution in [0.15, 0.2) is 30.3 Å². The third-order valence-electron chi connectivity index (χ3n) is 4.21. The van der Waals surface area contributed by atoms with Crippen molar-refractivity contribution >= 4 is 29.7 Å². The number of ether oxygens (including phenoxy) is 1. The predicted molar refractivity (Wildman–Crippen MR) is 106 cm³/mol. The largest absolute Gasteiger partial charge is 0.480 e. The molecular formula is C19H28N2O5S. The van der Waals surface area contributed by atoms with Gasteiger partial charge in [0.05, 0.1) is 0 Å². The summed E-state index contributed by atoms with van der Waals surface area (Å²) >= 11 is 1.50. The van der Waals surface area contributed by atoms with Crippen molar-refractivity contribution in [2.45, 2.75) is 45.4 Å². The molecule has 0 aliphatic heterocycles. The quantitative estimate of drug-likeness (QED) is 0.531. The molecule has 1 rings (SSSR count). The number of aliphatic carboxylic acids is 1. The number of carbonyl (C=O) groups excluding carboxylic acids is 2. The van der Waals surface area contributed by atoms with Gasteiger partial charge in [-0.2, -0.15) is 11.8 Å². The van der Waals surface area contributed by atoms with Crippen LogP contribution in [0, 0.1) is 5.92 Å². The normalized spacial score (nSPS) is 13.9. The molecule has 0 fully saturated rings. The molecular weight excluding hydrogens is 368 g/mol. The number of rotatable bonds is 11. The molecule has 0 radical (unpaired) electrons. The average molecular weight is 397 g/mol. The first kappa shape index (κ1) is 22.8. The molecule has 0 spiro atoms. The van der Waals surface area contributed by atoms with Gasteiger partial charge in [-0.05, 0) is 29.9 Å². The molecule has 27 heavy (non-hydrogen) atoms. The number of carbonyl (C=O) groups is 3. The topological polar surface area (TPSA) is 105 Å². The minimum atomic E-state index is -1.09. The summed E-state index contributed by atoms with van der Waals surface area (Å²) in [4.78, 5) is 36.0. The predicted octanol–water partition coefficient (Wildman–Crippen LogP) is 2.65. The van der Waals surface area contributed by atoms with E-state index in [9.17, 15) is 19.5 Å². The van der Waals surface area contributed by atoms with E-state index in [1.54, 1.807) is 0 Å². The Balaban J connectivity index is 2.68. The number of hydrogen-bond donors (Lipinski definition) is 3. The first-order valence-corrected chi connectivity index (χ1v) is 10.3. The molecule has 0 bridgehead atoms.